The van der Waals surface area contributed by atoms with E-state index < -0.39 is 0 Å². The predicted molar refractivity (Wildman–Crippen MR) is 80.1 cm³/mol. The maximum Gasteiger partial charge on any atom is 0.0303 e. The third-order valence-electron chi connectivity index (χ3n) is 3.86. The monoisotopic (exact) mass is 269 g/mol. The van der Waals surface area contributed by atoms with E-state index in [4.69, 9.17) is 0 Å². The van der Waals surface area contributed by atoms with Crippen molar-refractivity contribution in [3.63, 3.8) is 0 Å². The molecule has 1 aromatic heterocycles. The Bertz CT molecular complexity index is 362. The van der Waals surface area contributed by atoms with Gasteiger partial charge in [-0.15, -0.1) is 11.3 Å². The molecule has 1 atom stereocenters. The molecule has 1 aromatic rings. The van der Waals surface area contributed by atoms with Crippen LogP contribution in [0.2, 0.25) is 0 Å². The molecule has 1 fully saturated rings. The zero-order valence-electron chi connectivity index (χ0n) is 11.3. The van der Waals surface area contributed by atoms with Gasteiger partial charge >= 0.3 is 0 Å². The number of nitrogens with one attached hydrogen (secondary N) is 1. The Hall–Kier alpha value is 0.01000. The minimum absolute atomic E-state index is 0.451. The van der Waals surface area contributed by atoms with Crippen molar-refractivity contribution >= 4 is 23.1 Å². The molecule has 17 heavy (non-hydrogen) atoms. The van der Waals surface area contributed by atoms with Gasteiger partial charge in [0, 0.05) is 28.1 Å². The lowest BCUT2D eigenvalue weighted by atomic mass is 9.82. The van der Waals surface area contributed by atoms with Crippen molar-refractivity contribution in [1.82, 2.24) is 5.32 Å². The molecule has 3 heteroatoms. The molecule has 1 saturated heterocycles. The molecule has 2 heterocycles. The Kier molecular flexibility index (Phi) is 4.22. The van der Waals surface area contributed by atoms with Crippen LogP contribution >= 0.6 is 23.1 Å². The van der Waals surface area contributed by atoms with Crippen molar-refractivity contribution in [1.29, 1.82) is 0 Å². The van der Waals surface area contributed by atoms with Gasteiger partial charge in [0.2, 0.25) is 0 Å². The molecule has 0 aromatic carbocycles. The summed E-state index contributed by atoms with van der Waals surface area (Å²) in [6.45, 7) is 10.2. The summed E-state index contributed by atoms with van der Waals surface area (Å²) in [6, 6.07) is 2.99. The van der Waals surface area contributed by atoms with Crippen LogP contribution in [0, 0.1) is 19.3 Å². The summed E-state index contributed by atoms with van der Waals surface area (Å²) in [5.74, 6) is 2.58. The highest BCUT2D eigenvalue weighted by atomic mass is 32.2. The third-order valence-corrected chi connectivity index (χ3v) is 6.07. The molecule has 0 amide bonds. The maximum atomic E-state index is 3.76. The zero-order chi connectivity index (χ0) is 12.5. The second-order valence-electron chi connectivity index (χ2n) is 5.70. The second-order valence-corrected chi connectivity index (χ2v) is 8.19. The van der Waals surface area contributed by atoms with E-state index in [1.54, 1.807) is 0 Å². The summed E-state index contributed by atoms with van der Waals surface area (Å²) in [5, 5.41) is 3.76. The van der Waals surface area contributed by atoms with E-state index in [2.05, 4.69) is 50.8 Å². The second kappa shape index (κ2) is 5.33. The largest absolute Gasteiger partial charge is 0.308 e. The molecule has 0 aliphatic carbocycles. The van der Waals surface area contributed by atoms with Gasteiger partial charge in [-0.3, -0.25) is 0 Å². The first-order chi connectivity index (χ1) is 7.99. The lowest BCUT2D eigenvalue weighted by Crippen LogP contribution is -2.46. The minimum atomic E-state index is 0.451. The topological polar surface area (TPSA) is 12.0 Å². The molecular weight excluding hydrogens is 246 g/mol. The molecule has 1 N–H and O–H groups in total. The molecule has 0 radical (unpaired) electrons. The van der Waals surface area contributed by atoms with Crippen LogP contribution in [-0.4, -0.2) is 17.5 Å². The van der Waals surface area contributed by atoms with Crippen LogP contribution in [0.1, 0.15) is 35.6 Å². The summed E-state index contributed by atoms with van der Waals surface area (Å²) >= 11 is 4.02. The number of thioether (sulfide) groups is 1. The molecule has 2 rings (SSSR count). The Morgan fingerprint density at radius 2 is 2.18 bits per heavy atom. The maximum absolute atomic E-state index is 3.76. The molecule has 0 spiro atoms. The summed E-state index contributed by atoms with van der Waals surface area (Å²) < 4.78 is 0. The van der Waals surface area contributed by atoms with Crippen molar-refractivity contribution < 1.29 is 0 Å². The third kappa shape index (κ3) is 3.27. The number of rotatable bonds is 3. The first-order valence-corrected chi connectivity index (χ1v) is 8.33. The summed E-state index contributed by atoms with van der Waals surface area (Å²) in [6.07, 6.45) is 1.33. The van der Waals surface area contributed by atoms with E-state index in [1.165, 1.54) is 33.2 Å². The first kappa shape index (κ1) is 13.4. The normalized spacial score (nSPS) is 23.9. The fourth-order valence-corrected chi connectivity index (χ4v) is 4.88. The molecular formula is C14H23NS2. The SMILES string of the molecule is Cc1cc(CNC2CSCCC2(C)C)sc1C. The van der Waals surface area contributed by atoms with Crippen LogP contribution in [0.25, 0.3) is 0 Å². The van der Waals surface area contributed by atoms with Crippen LogP contribution in [0.3, 0.4) is 0 Å². The van der Waals surface area contributed by atoms with Gasteiger partial charge in [0.05, 0.1) is 0 Å². The Balaban J connectivity index is 1.93. The van der Waals surface area contributed by atoms with Gasteiger partial charge in [0.1, 0.15) is 0 Å². The van der Waals surface area contributed by atoms with Crippen LogP contribution < -0.4 is 5.32 Å². The Morgan fingerprint density at radius 1 is 1.41 bits per heavy atom. The highest BCUT2D eigenvalue weighted by molar-refractivity contribution is 7.99. The van der Waals surface area contributed by atoms with Crippen LogP contribution in [-0.2, 0) is 6.54 Å². The molecule has 96 valence electrons. The fraction of sp³-hybridized carbons (Fsp3) is 0.714. The van der Waals surface area contributed by atoms with Gasteiger partial charge < -0.3 is 5.32 Å². The number of aryl methyl sites for hydroxylation is 2. The van der Waals surface area contributed by atoms with Gasteiger partial charge in [-0.1, -0.05) is 13.8 Å². The average Bonchev–Trinajstić information content (AvgIpc) is 2.56. The van der Waals surface area contributed by atoms with Crippen molar-refractivity contribution in [3.05, 3.63) is 21.4 Å². The van der Waals surface area contributed by atoms with Crippen LogP contribution in [0.4, 0.5) is 0 Å². The van der Waals surface area contributed by atoms with Crippen molar-refractivity contribution in [2.45, 2.75) is 46.7 Å². The Labute approximate surface area is 113 Å². The number of hydrogen-bond acceptors (Lipinski definition) is 3. The van der Waals surface area contributed by atoms with Gasteiger partial charge in [-0.05, 0) is 43.1 Å². The van der Waals surface area contributed by atoms with Crippen molar-refractivity contribution in [3.8, 4) is 0 Å². The van der Waals surface area contributed by atoms with E-state index in [0.29, 0.717) is 11.5 Å². The average molecular weight is 269 g/mol. The fourth-order valence-electron chi connectivity index (χ4n) is 2.23. The highest BCUT2D eigenvalue weighted by Gasteiger charge is 2.32. The summed E-state index contributed by atoms with van der Waals surface area (Å²) in [5.41, 5.74) is 1.89. The van der Waals surface area contributed by atoms with E-state index in [9.17, 15) is 0 Å². The molecule has 1 aliphatic heterocycles. The quantitative estimate of drug-likeness (QED) is 0.890. The van der Waals surface area contributed by atoms with Gasteiger partial charge in [-0.25, -0.2) is 0 Å². The minimum Gasteiger partial charge on any atom is -0.308 e. The van der Waals surface area contributed by atoms with E-state index in [-0.39, 0.29) is 0 Å². The van der Waals surface area contributed by atoms with Gasteiger partial charge in [-0.2, -0.15) is 11.8 Å². The zero-order valence-corrected chi connectivity index (χ0v) is 12.9. The van der Waals surface area contributed by atoms with Crippen molar-refractivity contribution in [2.24, 2.45) is 5.41 Å². The predicted octanol–water partition coefficient (Wildman–Crippen LogP) is 3.99. The molecule has 0 saturated carbocycles. The first-order valence-electron chi connectivity index (χ1n) is 6.36. The summed E-state index contributed by atoms with van der Waals surface area (Å²) in [4.78, 5) is 2.94. The molecule has 1 nitrogen and oxygen atoms in total. The number of thiophene rings is 1. The summed E-state index contributed by atoms with van der Waals surface area (Å²) in [7, 11) is 0. The Morgan fingerprint density at radius 3 is 2.76 bits per heavy atom. The standard InChI is InChI=1S/C14H23NS2/c1-10-7-12(17-11(10)2)8-15-13-9-16-6-5-14(13,3)4/h7,13,15H,5-6,8-9H2,1-4H3. The molecule has 0 bridgehead atoms. The van der Waals surface area contributed by atoms with Gasteiger partial charge in [0.25, 0.3) is 0 Å². The molecule has 1 aliphatic rings. The van der Waals surface area contributed by atoms with Crippen LogP contribution in [0.15, 0.2) is 6.07 Å². The lowest BCUT2D eigenvalue weighted by Gasteiger charge is -2.38. The van der Waals surface area contributed by atoms with E-state index >= 15 is 0 Å². The molecule has 1 unspecified atom stereocenters. The van der Waals surface area contributed by atoms with Crippen molar-refractivity contribution in [2.75, 3.05) is 11.5 Å². The van der Waals surface area contributed by atoms with Gasteiger partial charge in [0.15, 0.2) is 0 Å². The smallest absolute Gasteiger partial charge is 0.0303 e. The lowest BCUT2D eigenvalue weighted by molar-refractivity contribution is 0.245. The van der Waals surface area contributed by atoms with E-state index in [0.717, 1.165) is 6.54 Å². The number of hydrogen-bond donors (Lipinski definition) is 1. The highest BCUT2D eigenvalue weighted by Crippen LogP contribution is 2.34. The van der Waals surface area contributed by atoms with E-state index in [1.807, 2.05) is 11.3 Å². The van der Waals surface area contributed by atoms with Crippen LogP contribution in [0.5, 0.6) is 0 Å².